The van der Waals surface area contributed by atoms with Gasteiger partial charge in [-0.05, 0) is 68.7 Å². The Bertz CT molecular complexity index is 1400. The zero-order valence-corrected chi connectivity index (χ0v) is 20.6. The first-order chi connectivity index (χ1) is 16.0. The second-order valence-electron chi connectivity index (χ2n) is 7.21. The molecule has 33 heavy (non-hydrogen) atoms. The Morgan fingerprint density at radius 1 is 0.970 bits per heavy atom. The molecule has 1 amide bonds. The van der Waals surface area contributed by atoms with E-state index < -0.39 is 5.91 Å². The molecule has 0 saturated heterocycles. The van der Waals surface area contributed by atoms with Crippen molar-refractivity contribution in [2.75, 3.05) is 5.32 Å². The van der Waals surface area contributed by atoms with Gasteiger partial charge in [-0.25, -0.2) is 0 Å². The minimum absolute atomic E-state index is 0.0288. The van der Waals surface area contributed by atoms with Crippen LogP contribution in [0.15, 0.2) is 99.4 Å². The first kappa shape index (κ1) is 22.8. The maximum Gasteiger partial charge on any atom is 0.266 e. The number of hydrogen-bond acceptors (Lipinski definition) is 3. The summed E-state index contributed by atoms with van der Waals surface area (Å²) in [4.78, 5) is 12.7. The summed E-state index contributed by atoms with van der Waals surface area (Å²) in [5.41, 5.74) is 2.24. The Morgan fingerprint density at radius 3 is 2.55 bits per heavy atom. The zero-order valence-electron chi connectivity index (χ0n) is 17.4. The molecular formula is C27H18Br2N2O2. The number of hydrogen-bond donors (Lipinski definition) is 1. The summed E-state index contributed by atoms with van der Waals surface area (Å²) < 4.78 is 7.68. The van der Waals surface area contributed by atoms with Gasteiger partial charge in [0.25, 0.3) is 5.91 Å². The first-order valence-electron chi connectivity index (χ1n) is 10.1. The predicted molar refractivity (Wildman–Crippen MR) is 139 cm³/mol. The van der Waals surface area contributed by atoms with Gasteiger partial charge < -0.3 is 10.1 Å². The Kier molecular flexibility index (Phi) is 7.23. The molecule has 0 aliphatic heterocycles. The van der Waals surface area contributed by atoms with E-state index in [1.54, 1.807) is 6.07 Å². The highest BCUT2D eigenvalue weighted by Gasteiger charge is 2.13. The van der Waals surface area contributed by atoms with Crippen molar-refractivity contribution < 1.29 is 9.53 Å². The highest BCUT2D eigenvalue weighted by atomic mass is 79.9. The van der Waals surface area contributed by atoms with Crippen molar-refractivity contribution in [2.45, 2.75) is 6.61 Å². The van der Waals surface area contributed by atoms with Gasteiger partial charge in [0.1, 0.15) is 24.0 Å². The van der Waals surface area contributed by atoms with E-state index in [-0.39, 0.29) is 5.57 Å². The molecule has 0 saturated carbocycles. The SMILES string of the molecule is N#C/C(=C\c1cc(Br)ccc1OCc1cccc2ccccc12)C(=O)Nc1ccccc1Br. The number of para-hydroxylation sites is 1. The second kappa shape index (κ2) is 10.5. The fraction of sp³-hybridized carbons (Fsp3) is 0.0370. The van der Waals surface area contributed by atoms with Gasteiger partial charge in [-0.3, -0.25) is 4.79 Å². The molecule has 0 aromatic heterocycles. The quantitative estimate of drug-likeness (QED) is 0.196. The van der Waals surface area contributed by atoms with Crippen LogP contribution < -0.4 is 10.1 Å². The summed E-state index contributed by atoms with van der Waals surface area (Å²) in [6.45, 7) is 0.356. The lowest BCUT2D eigenvalue weighted by Crippen LogP contribution is -2.13. The summed E-state index contributed by atoms with van der Waals surface area (Å²) in [7, 11) is 0. The maximum atomic E-state index is 12.7. The monoisotopic (exact) mass is 560 g/mol. The molecule has 4 nitrogen and oxygen atoms in total. The lowest BCUT2D eigenvalue weighted by Gasteiger charge is -2.12. The van der Waals surface area contributed by atoms with Crippen LogP contribution in [0, 0.1) is 11.3 Å². The molecule has 0 unspecified atom stereocenters. The fourth-order valence-electron chi connectivity index (χ4n) is 3.39. The summed E-state index contributed by atoms with van der Waals surface area (Å²) in [5, 5.41) is 14.7. The van der Waals surface area contributed by atoms with Crippen LogP contribution >= 0.6 is 31.9 Å². The molecule has 0 spiro atoms. The van der Waals surface area contributed by atoms with E-state index in [2.05, 4.69) is 55.4 Å². The van der Waals surface area contributed by atoms with E-state index in [4.69, 9.17) is 4.74 Å². The molecule has 0 bridgehead atoms. The molecule has 0 fully saturated rings. The van der Waals surface area contributed by atoms with Gasteiger partial charge in [-0.1, -0.05) is 70.5 Å². The number of nitrogens with zero attached hydrogens (tertiary/aromatic N) is 1. The normalized spacial score (nSPS) is 11.1. The van der Waals surface area contributed by atoms with E-state index in [0.717, 1.165) is 25.3 Å². The number of halogens is 2. The lowest BCUT2D eigenvalue weighted by atomic mass is 10.1. The highest BCUT2D eigenvalue weighted by molar-refractivity contribution is 9.10. The maximum absolute atomic E-state index is 12.7. The van der Waals surface area contributed by atoms with E-state index in [9.17, 15) is 10.1 Å². The molecule has 6 heteroatoms. The number of carbonyl (C=O) groups excluding carboxylic acids is 1. The van der Waals surface area contributed by atoms with Crippen LogP contribution in [0.5, 0.6) is 5.75 Å². The third-order valence-corrected chi connectivity index (χ3v) is 6.21. The third kappa shape index (κ3) is 5.51. The van der Waals surface area contributed by atoms with Gasteiger partial charge in [0.05, 0.1) is 5.69 Å². The van der Waals surface area contributed by atoms with Crippen LogP contribution in [0.1, 0.15) is 11.1 Å². The second-order valence-corrected chi connectivity index (χ2v) is 8.98. The number of nitrogens with one attached hydrogen (secondary N) is 1. The first-order valence-corrected chi connectivity index (χ1v) is 11.7. The van der Waals surface area contributed by atoms with Crippen molar-refractivity contribution in [2.24, 2.45) is 0 Å². The van der Waals surface area contributed by atoms with Crippen molar-refractivity contribution in [3.63, 3.8) is 0 Å². The molecule has 4 aromatic carbocycles. The number of amides is 1. The van der Waals surface area contributed by atoms with Crippen molar-refractivity contribution in [1.29, 1.82) is 5.26 Å². The molecule has 0 atom stereocenters. The largest absolute Gasteiger partial charge is 0.488 e. The lowest BCUT2D eigenvalue weighted by molar-refractivity contribution is -0.112. The van der Waals surface area contributed by atoms with Crippen LogP contribution in [-0.2, 0) is 11.4 Å². The summed E-state index contributed by atoms with van der Waals surface area (Å²) in [6.07, 6.45) is 1.54. The molecule has 0 aliphatic rings. The number of fused-ring (bicyclic) bond motifs is 1. The Morgan fingerprint density at radius 2 is 1.73 bits per heavy atom. The smallest absolute Gasteiger partial charge is 0.266 e. The molecule has 162 valence electrons. The topological polar surface area (TPSA) is 62.1 Å². The van der Waals surface area contributed by atoms with Crippen molar-refractivity contribution in [1.82, 2.24) is 0 Å². The fourth-order valence-corrected chi connectivity index (χ4v) is 4.16. The molecule has 0 radical (unpaired) electrons. The van der Waals surface area contributed by atoms with Gasteiger partial charge in [0.2, 0.25) is 0 Å². The summed E-state index contributed by atoms with van der Waals surface area (Å²) >= 11 is 6.86. The van der Waals surface area contributed by atoms with E-state index in [1.165, 1.54) is 6.08 Å². The standard InChI is InChI=1S/C27H18Br2N2O2/c28-22-12-13-26(33-17-19-8-5-7-18-6-1-2-9-23(18)19)20(15-22)14-21(16-30)27(32)31-25-11-4-3-10-24(25)29/h1-15H,17H2,(H,31,32)/b21-14+. The molecule has 4 rings (SSSR count). The number of nitriles is 1. The molecule has 0 heterocycles. The number of benzene rings is 4. The van der Waals surface area contributed by atoms with Gasteiger partial charge in [-0.2, -0.15) is 5.26 Å². The Labute approximate surface area is 208 Å². The van der Waals surface area contributed by atoms with Gasteiger partial charge >= 0.3 is 0 Å². The van der Waals surface area contributed by atoms with Gasteiger partial charge in [0.15, 0.2) is 0 Å². The van der Waals surface area contributed by atoms with Gasteiger partial charge in [-0.15, -0.1) is 0 Å². The summed E-state index contributed by atoms with van der Waals surface area (Å²) in [6, 6.07) is 29.0. The van der Waals surface area contributed by atoms with Crippen LogP contribution in [0.3, 0.4) is 0 Å². The average Bonchev–Trinajstić information content (AvgIpc) is 2.83. The number of rotatable bonds is 6. The molecular weight excluding hydrogens is 544 g/mol. The van der Waals surface area contributed by atoms with Crippen LogP contribution in [-0.4, -0.2) is 5.91 Å². The van der Waals surface area contributed by atoms with E-state index in [1.807, 2.05) is 66.7 Å². The number of anilines is 1. The predicted octanol–water partition coefficient (Wildman–Crippen LogP) is 7.49. The van der Waals surface area contributed by atoms with Crippen LogP contribution in [0.25, 0.3) is 16.8 Å². The minimum Gasteiger partial charge on any atom is -0.488 e. The molecule has 0 aliphatic carbocycles. The molecule has 1 N–H and O–H groups in total. The molecule has 4 aromatic rings. The van der Waals surface area contributed by atoms with Crippen LogP contribution in [0.4, 0.5) is 5.69 Å². The van der Waals surface area contributed by atoms with Crippen LogP contribution in [0.2, 0.25) is 0 Å². The third-order valence-electron chi connectivity index (χ3n) is 5.02. The number of ether oxygens (including phenoxy) is 1. The zero-order chi connectivity index (χ0) is 23.2. The van der Waals surface area contributed by atoms with Gasteiger partial charge in [0, 0.05) is 14.5 Å². The number of carbonyl (C=O) groups is 1. The van der Waals surface area contributed by atoms with Crippen molar-refractivity contribution in [3.05, 3.63) is 111 Å². The van der Waals surface area contributed by atoms with Crippen molar-refractivity contribution in [3.8, 4) is 11.8 Å². The minimum atomic E-state index is -0.496. The average molecular weight is 562 g/mol. The summed E-state index contributed by atoms with van der Waals surface area (Å²) in [5.74, 6) is 0.0805. The Hall–Kier alpha value is -3.40. The van der Waals surface area contributed by atoms with Crippen molar-refractivity contribution >= 4 is 60.3 Å². The van der Waals surface area contributed by atoms with E-state index in [0.29, 0.717) is 23.6 Å². The highest BCUT2D eigenvalue weighted by Crippen LogP contribution is 2.28. The van der Waals surface area contributed by atoms with E-state index >= 15 is 0 Å². The Balaban J connectivity index is 1.60.